The third kappa shape index (κ3) is 2.18. The fourth-order valence-corrected chi connectivity index (χ4v) is 1.43. The number of nitrogen functional groups attached to an aromatic ring is 1. The Labute approximate surface area is 94.4 Å². The molecular formula is C13H11N3. The summed E-state index contributed by atoms with van der Waals surface area (Å²) in [6, 6.07) is 9.96. The quantitative estimate of drug-likeness (QED) is 0.765. The van der Waals surface area contributed by atoms with Crippen LogP contribution in [0.15, 0.2) is 36.5 Å². The Kier molecular flexibility index (Phi) is 2.84. The molecule has 3 nitrogen and oxygen atoms in total. The van der Waals surface area contributed by atoms with E-state index in [0.29, 0.717) is 17.9 Å². The molecule has 3 heteroatoms. The maximum absolute atomic E-state index is 5.75. The minimum Gasteiger partial charge on any atom is -0.382 e. The molecule has 0 atom stereocenters. The van der Waals surface area contributed by atoms with E-state index in [9.17, 15) is 0 Å². The van der Waals surface area contributed by atoms with E-state index in [-0.39, 0.29) is 0 Å². The van der Waals surface area contributed by atoms with Crippen molar-refractivity contribution in [2.24, 2.45) is 0 Å². The molecule has 16 heavy (non-hydrogen) atoms. The van der Waals surface area contributed by atoms with E-state index < -0.39 is 0 Å². The second kappa shape index (κ2) is 4.45. The number of terminal acetylenes is 1. The lowest BCUT2D eigenvalue weighted by atomic mass is 10.1. The summed E-state index contributed by atoms with van der Waals surface area (Å²) in [5, 5.41) is 0. The number of aromatic nitrogens is 2. The molecule has 2 rings (SSSR count). The van der Waals surface area contributed by atoms with Gasteiger partial charge in [-0.05, 0) is 11.5 Å². The first-order valence-corrected chi connectivity index (χ1v) is 4.91. The molecule has 0 fully saturated rings. The van der Waals surface area contributed by atoms with E-state index in [1.807, 2.05) is 30.3 Å². The van der Waals surface area contributed by atoms with Crippen molar-refractivity contribution in [2.45, 2.75) is 6.42 Å². The van der Waals surface area contributed by atoms with Gasteiger partial charge in [0.1, 0.15) is 11.5 Å². The van der Waals surface area contributed by atoms with Crippen molar-refractivity contribution < 1.29 is 0 Å². The molecule has 1 heterocycles. The Hall–Kier alpha value is -2.34. The van der Waals surface area contributed by atoms with Gasteiger partial charge in [-0.15, -0.1) is 6.42 Å². The van der Waals surface area contributed by atoms with Gasteiger partial charge in [0.2, 0.25) is 0 Å². The summed E-state index contributed by atoms with van der Waals surface area (Å²) in [4.78, 5) is 8.28. The van der Waals surface area contributed by atoms with Crippen molar-refractivity contribution in [2.75, 3.05) is 5.73 Å². The number of hydrogen-bond acceptors (Lipinski definition) is 3. The Morgan fingerprint density at radius 3 is 2.69 bits per heavy atom. The number of hydrogen-bond donors (Lipinski definition) is 1. The molecule has 0 saturated heterocycles. The van der Waals surface area contributed by atoms with Crippen LogP contribution in [-0.2, 0) is 6.42 Å². The zero-order valence-electron chi connectivity index (χ0n) is 8.72. The van der Waals surface area contributed by atoms with Gasteiger partial charge in [-0.25, -0.2) is 9.97 Å². The smallest absolute Gasteiger partial charge is 0.145 e. The van der Waals surface area contributed by atoms with Gasteiger partial charge in [0.25, 0.3) is 0 Å². The van der Waals surface area contributed by atoms with Gasteiger partial charge in [0.15, 0.2) is 0 Å². The average Bonchev–Trinajstić information content (AvgIpc) is 2.33. The van der Waals surface area contributed by atoms with E-state index in [4.69, 9.17) is 12.2 Å². The summed E-state index contributed by atoms with van der Waals surface area (Å²) >= 11 is 0. The zero-order chi connectivity index (χ0) is 11.4. The zero-order valence-corrected chi connectivity index (χ0v) is 8.72. The molecule has 0 saturated carbocycles. The molecule has 2 N–H and O–H groups in total. The predicted molar refractivity (Wildman–Crippen MR) is 63.6 cm³/mol. The highest BCUT2D eigenvalue weighted by Gasteiger charge is 2.04. The van der Waals surface area contributed by atoms with Gasteiger partial charge in [-0.3, -0.25) is 0 Å². The van der Waals surface area contributed by atoms with Crippen LogP contribution >= 0.6 is 0 Å². The fraction of sp³-hybridized carbons (Fsp3) is 0.0769. The summed E-state index contributed by atoms with van der Waals surface area (Å²) in [6.45, 7) is 0. The Balaban J connectivity index is 2.31. The molecule has 0 unspecified atom stereocenters. The van der Waals surface area contributed by atoms with Gasteiger partial charge in [0.05, 0.1) is 11.9 Å². The van der Waals surface area contributed by atoms with Crippen LogP contribution in [0.2, 0.25) is 0 Å². The Bertz CT molecular complexity index is 527. The van der Waals surface area contributed by atoms with Crippen LogP contribution < -0.4 is 5.73 Å². The number of benzene rings is 1. The summed E-state index contributed by atoms with van der Waals surface area (Å²) in [5.41, 5.74) is 8.12. The molecule has 0 bridgehead atoms. The number of rotatable bonds is 2. The van der Waals surface area contributed by atoms with E-state index in [1.54, 1.807) is 0 Å². The second-order valence-electron chi connectivity index (χ2n) is 3.39. The van der Waals surface area contributed by atoms with Crippen LogP contribution in [-0.4, -0.2) is 9.97 Å². The molecule has 0 aliphatic carbocycles. The van der Waals surface area contributed by atoms with Gasteiger partial charge in [-0.1, -0.05) is 30.3 Å². The molecule has 0 amide bonds. The van der Waals surface area contributed by atoms with Crippen LogP contribution in [0.5, 0.6) is 0 Å². The van der Waals surface area contributed by atoms with Crippen LogP contribution in [0.1, 0.15) is 17.0 Å². The molecular weight excluding hydrogens is 198 g/mol. The minimum atomic E-state index is 0.433. The van der Waals surface area contributed by atoms with Gasteiger partial charge < -0.3 is 5.73 Å². The van der Waals surface area contributed by atoms with Crippen LogP contribution in [0.3, 0.4) is 0 Å². The topological polar surface area (TPSA) is 51.8 Å². The molecule has 1 aromatic heterocycles. The van der Waals surface area contributed by atoms with Crippen molar-refractivity contribution in [1.29, 1.82) is 0 Å². The fourth-order valence-electron chi connectivity index (χ4n) is 1.43. The summed E-state index contributed by atoms with van der Waals surface area (Å²) < 4.78 is 0. The van der Waals surface area contributed by atoms with Gasteiger partial charge in [0, 0.05) is 6.42 Å². The van der Waals surface area contributed by atoms with Crippen molar-refractivity contribution in [3.8, 4) is 12.3 Å². The van der Waals surface area contributed by atoms with E-state index in [0.717, 1.165) is 11.3 Å². The Morgan fingerprint density at radius 1 is 1.25 bits per heavy atom. The minimum absolute atomic E-state index is 0.433. The largest absolute Gasteiger partial charge is 0.382 e. The van der Waals surface area contributed by atoms with Crippen molar-refractivity contribution >= 4 is 5.82 Å². The summed E-state index contributed by atoms with van der Waals surface area (Å²) in [7, 11) is 0. The van der Waals surface area contributed by atoms with Crippen molar-refractivity contribution in [3.63, 3.8) is 0 Å². The predicted octanol–water partition coefficient (Wildman–Crippen LogP) is 1.63. The normalized spacial score (nSPS) is 9.69. The SMILES string of the molecule is C#Cc1cnc(N)c(Cc2ccccc2)n1. The Morgan fingerprint density at radius 2 is 2.00 bits per heavy atom. The molecule has 0 aliphatic heterocycles. The highest BCUT2D eigenvalue weighted by molar-refractivity contribution is 5.40. The van der Waals surface area contributed by atoms with Crippen LogP contribution in [0.25, 0.3) is 0 Å². The lowest BCUT2D eigenvalue weighted by Gasteiger charge is -2.04. The lowest BCUT2D eigenvalue weighted by Crippen LogP contribution is -2.03. The van der Waals surface area contributed by atoms with Crippen LogP contribution in [0, 0.1) is 12.3 Å². The van der Waals surface area contributed by atoms with Crippen molar-refractivity contribution in [1.82, 2.24) is 9.97 Å². The lowest BCUT2D eigenvalue weighted by molar-refractivity contribution is 1.03. The first kappa shape index (κ1) is 10.2. The highest BCUT2D eigenvalue weighted by Crippen LogP contribution is 2.12. The summed E-state index contributed by atoms with van der Waals surface area (Å²) in [5.74, 6) is 2.88. The van der Waals surface area contributed by atoms with E-state index >= 15 is 0 Å². The average molecular weight is 209 g/mol. The first-order valence-electron chi connectivity index (χ1n) is 4.91. The van der Waals surface area contributed by atoms with E-state index in [2.05, 4.69) is 15.9 Å². The van der Waals surface area contributed by atoms with E-state index in [1.165, 1.54) is 6.20 Å². The third-order valence-electron chi connectivity index (χ3n) is 2.24. The highest BCUT2D eigenvalue weighted by atomic mass is 14.9. The van der Waals surface area contributed by atoms with Gasteiger partial charge in [-0.2, -0.15) is 0 Å². The summed E-state index contributed by atoms with van der Waals surface area (Å²) in [6.07, 6.45) is 7.42. The number of nitrogens with two attached hydrogens (primary N) is 1. The van der Waals surface area contributed by atoms with Crippen LogP contribution in [0.4, 0.5) is 5.82 Å². The van der Waals surface area contributed by atoms with Gasteiger partial charge >= 0.3 is 0 Å². The molecule has 2 aromatic rings. The molecule has 1 aromatic carbocycles. The molecule has 0 radical (unpaired) electrons. The van der Waals surface area contributed by atoms with Crippen molar-refractivity contribution in [3.05, 3.63) is 53.5 Å². The third-order valence-corrected chi connectivity index (χ3v) is 2.24. The molecule has 0 aliphatic rings. The molecule has 78 valence electrons. The maximum Gasteiger partial charge on any atom is 0.145 e. The standard InChI is InChI=1S/C13H11N3/c1-2-11-9-15-13(14)12(16-11)8-10-6-4-3-5-7-10/h1,3-7,9H,8H2,(H2,14,15). The number of nitrogens with zero attached hydrogens (tertiary/aromatic N) is 2. The first-order chi connectivity index (χ1) is 7.79. The maximum atomic E-state index is 5.75. The number of anilines is 1. The molecule has 0 spiro atoms. The monoisotopic (exact) mass is 209 g/mol. The second-order valence-corrected chi connectivity index (χ2v) is 3.39.